The molecule has 0 radical (unpaired) electrons. The van der Waals surface area contributed by atoms with Gasteiger partial charge in [0.1, 0.15) is 6.33 Å². The van der Waals surface area contributed by atoms with E-state index in [4.69, 9.17) is 0 Å². The molecule has 0 aliphatic heterocycles. The van der Waals surface area contributed by atoms with Crippen molar-refractivity contribution >= 4 is 29.1 Å². The molecule has 0 atom stereocenters. The van der Waals surface area contributed by atoms with E-state index in [-0.39, 0.29) is 17.4 Å². The largest absolute Gasteiger partial charge is 0.326 e. The fourth-order valence-electron chi connectivity index (χ4n) is 2.52. The van der Waals surface area contributed by atoms with Crippen molar-refractivity contribution in [1.29, 1.82) is 0 Å². The Labute approximate surface area is 162 Å². The quantitative estimate of drug-likeness (QED) is 0.497. The molecule has 0 aliphatic rings. The number of Topliss-reactive ketones (excluding diaryl/α,β-unsaturated/α-hetero) is 1. The van der Waals surface area contributed by atoms with E-state index < -0.39 is 0 Å². The number of benzene rings is 2. The van der Waals surface area contributed by atoms with E-state index in [0.29, 0.717) is 22.8 Å². The number of hydrogen-bond donors (Lipinski definition) is 1. The van der Waals surface area contributed by atoms with Gasteiger partial charge in [-0.2, -0.15) is 0 Å². The topological polar surface area (TPSA) is 76.9 Å². The lowest BCUT2D eigenvalue weighted by atomic mass is 10.1. The number of anilines is 1. The van der Waals surface area contributed by atoms with E-state index >= 15 is 0 Å². The number of aromatic nitrogens is 3. The molecule has 0 aliphatic carbocycles. The van der Waals surface area contributed by atoms with Crippen LogP contribution in [0.5, 0.6) is 0 Å². The molecule has 138 valence electrons. The van der Waals surface area contributed by atoms with E-state index in [9.17, 15) is 9.59 Å². The summed E-state index contributed by atoms with van der Waals surface area (Å²) in [5, 5.41) is 11.5. The number of nitrogens with zero attached hydrogens (tertiary/aromatic N) is 3. The first-order valence-corrected chi connectivity index (χ1v) is 9.59. The number of thioether (sulfide) groups is 1. The van der Waals surface area contributed by atoms with E-state index in [1.54, 1.807) is 37.5 Å². The Kier molecular flexibility index (Phi) is 6.03. The third kappa shape index (κ3) is 4.62. The number of para-hydroxylation sites is 1. The lowest BCUT2D eigenvalue weighted by Crippen LogP contribution is -2.10. The minimum atomic E-state index is -0.0554. The summed E-state index contributed by atoms with van der Waals surface area (Å²) >= 11 is 1.35. The Bertz CT molecular complexity index is 951. The van der Waals surface area contributed by atoms with Crippen LogP contribution < -0.4 is 5.32 Å². The molecule has 0 saturated carbocycles. The maximum Gasteiger partial charge on any atom is 0.224 e. The van der Waals surface area contributed by atoms with E-state index in [0.717, 1.165) is 11.3 Å². The summed E-state index contributed by atoms with van der Waals surface area (Å²) in [6.45, 7) is 3.81. The van der Waals surface area contributed by atoms with Crippen LogP contribution in [0.15, 0.2) is 60.0 Å². The van der Waals surface area contributed by atoms with E-state index in [1.165, 1.54) is 11.8 Å². The zero-order chi connectivity index (χ0) is 19.2. The van der Waals surface area contributed by atoms with Crippen LogP contribution in [0, 0.1) is 6.92 Å². The summed E-state index contributed by atoms with van der Waals surface area (Å²) in [6.07, 6.45) is 2.07. The predicted molar refractivity (Wildman–Crippen MR) is 107 cm³/mol. The molecule has 0 bridgehead atoms. The molecule has 1 aromatic heterocycles. The van der Waals surface area contributed by atoms with Gasteiger partial charge in [0.2, 0.25) is 5.91 Å². The predicted octanol–water partition coefficient (Wildman–Crippen LogP) is 3.90. The van der Waals surface area contributed by atoms with Crippen LogP contribution in [0.4, 0.5) is 5.69 Å². The highest BCUT2D eigenvalue weighted by Crippen LogP contribution is 2.22. The van der Waals surface area contributed by atoms with Crippen LogP contribution in [-0.4, -0.2) is 32.2 Å². The van der Waals surface area contributed by atoms with Gasteiger partial charge < -0.3 is 5.32 Å². The molecule has 7 heteroatoms. The Hall–Kier alpha value is -2.93. The van der Waals surface area contributed by atoms with Gasteiger partial charge in [-0.15, -0.1) is 10.2 Å². The van der Waals surface area contributed by atoms with Crippen molar-refractivity contribution in [3.05, 3.63) is 66.0 Å². The zero-order valence-corrected chi connectivity index (χ0v) is 16.0. The second-order valence-corrected chi connectivity index (χ2v) is 6.90. The number of ketones is 1. The first-order valence-electron chi connectivity index (χ1n) is 8.60. The van der Waals surface area contributed by atoms with Gasteiger partial charge in [0, 0.05) is 17.7 Å². The lowest BCUT2D eigenvalue weighted by Gasteiger charge is -2.09. The third-order valence-electron chi connectivity index (χ3n) is 4.04. The Morgan fingerprint density at radius 2 is 1.85 bits per heavy atom. The van der Waals surface area contributed by atoms with Crippen molar-refractivity contribution in [2.75, 3.05) is 11.1 Å². The maximum absolute atomic E-state index is 12.5. The van der Waals surface area contributed by atoms with Crippen LogP contribution in [-0.2, 0) is 4.79 Å². The van der Waals surface area contributed by atoms with Gasteiger partial charge in [-0.25, -0.2) is 0 Å². The van der Waals surface area contributed by atoms with Crippen LogP contribution in [0.2, 0.25) is 0 Å². The summed E-state index contributed by atoms with van der Waals surface area (Å²) in [7, 11) is 0. The number of carbonyl (C=O) groups is 2. The van der Waals surface area contributed by atoms with Gasteiger partial charge >= 0.3 is 0 Å². The lowest BCUT2D eigenvalue weighted by molar-refractivity contribution is -0.115. The monoisotopic (exact) mass is 380 g/mol. The highest BCUT2D eigenvalue weighted by Gasteiger charge is 2.13. The van der Waals surface area contributed by atoms with Gasteiger partial charge in [0.05, 0.1) is 11.4 Å². The second kappa shape index (κ2) is 8.64. The fourth-order valence-corrected chi connectivity index (χ4v) is 3.34. The Morgan fingerprint density at radius 3 is 2.56 bits per heavy atom. The molecule has 1 heterocycles. The van der Waals surface area contributed by atoms with Crippen molar-refractivity contribution in [2.24, 2.45) is 0 Å². The molecule has 0 saturated heterocycles. The highest BCUT2D eigenvalue weighted by molar-refractivity contribution is 7.99. The molecule has 3 rings (SSSR count). The molecule has 0 spiro atoms. The van der Waals surface area contributed by atoms with E-state index in [2.05, 4.69) is 15.5 Å². The minimum Gasteiger partial charge on any atom is -0.326 e. The Morgan fingerprint density at radius 1 is 1.11 bits per heavy atom. The first kappa shape index (κ1) is 18.8. The maximum atomic E-state index is 12.5. The number of amides is 1. The molecule has 6 nitrogen and oxygen atoms in total. The van der Waals surface area contributed by atoms with Crippen molar-refractivity contribution < 1.29 is 9.59 Å². The van der Waals surface area contributed by atoms with Gasteiger partial charge in [0.15, 0.2) is 10.9 Å². The molecule has 0 fully saturated rings. The average molecular weight is 380 g/mol. The summed E-state index contributed by atoms with van der Waals surface area (Å²) in [4.78, 5) is 23.9. The SMILES string of the molecule is CCC(=O)Nc1ccc(C(=O)CSc2nncn2-c2ccccc2C)cc1. The third-order valence-corrected chi connectivity index (χ3v) is 4.98. The minimum absolute atomic E-state index is 0.00676. The molecule has 3 aromatic rings. The molecular weight excluding hydrogens is 360 g/mol. The normalized spacial score (nSPS) is 10.6. The highest BCUT2D eigenvalue weighted by atomic mass is 32.2. The molecule has 0 unspecified atom stereocenters. The Balaban J connectivity index is 1.66. The van der Waals surface area contributed by atoms with Crippen LogP contribution in [0.3, 0.4) is 0 Å². The number of rotatable bonds is 7. The van der Waals surface area contributed by atoms with Crippen LogP contribution >= 0.6 is 11.8 Å². The van der Waals surface area contributed by atoms with Crippen LogP contribution in [0.1, 0.15) is 29.3 Å². The van der Waals surface area contributed by atoms with Gasteiger partial charge in [0.25, 0.3) is 0 Å². The molecular formula is C20H20N4O2S. The van der Waals surface area contributed by atoms with Crippen molar-refractivity contribution in [2.45, 2.75) is 25.4 Å². The van der Waals surface area contributed by atoms with Crippen molar-refractivity contribution in [1.82, 2.24) is 14.8 Å². The van der Waals surface area contributed by atoms with Crippen LogP contribution in [0.25, 0.3) is 5.69 Å². The summed E-state index contributed by atoms with van der Waals surface area (Å²) in [5.41, 5.74) is 3.38. The zero-order valence-electron chi connectivity index (χ0n) is 15.2. The van der Waals surface area contributed by atoms with Crippen molar-refractivity contribution in [3.8, 4) is 5.69 Å². The summed E-state index contributed by atoms with van der Waals surface area (Å²) in [5.74, 6) is 0.193. The summed E-state index contributed by atoms with van der Waals surface area (Å²) in [6, 6.07) is 14.9. The summed E-state index contributed by atoms with van der Waals surface area (Å²) < 4.78 is 1.89. The average Bonchev–Trinajstić information content (AvgIpc) is 3.15. The number of carbonyl (C=O) groups excluding carboxylic acids is 2. The van der Waals surface area contributed by atoms with Gasteiger partial charge in [-0.3, -0.25) is 14.2 Å². The number of hydrogen-bond acceptors (Lipinski definition) is 5. The standard InChI is InChI=1S/C20H20N4O2S/c1-3-19(26)22-16-10-8-15(9-11-16)18(25)12-27-20-23-21-13-24(20)17-7-5-4-6-14(17)2/h4-11,13H,3,12H2,1-2H3,(H,22,26). The van der Waals surface area contributed by atoms with E-state index in [1.807, 2.05) is 35.8 Å². The van der Waals surface area contributed by atoms with Crippen molar-refractivity contribution in [3.63, 3.8) is 0 Å². The fraction of sp³-hybridized carbons (Fsp3) is 0.200. The van der Waals surface area contributed by atoms with Gasteiger partial charge in [-0.05, 0) is 42.8 Å². The first-order chi connectivity index (χ1) is 13.1. The second-order valence-electron chi connectivity index (χ2n) is 5.96. The number of aryl methyl sites for hydroxylation is 1. The number of nitrogens with one attached hydrogen (secondary N) is 1. The van der Waals surface area contributed by atoms with Gasteiger partial charge in [-0.1, -0.05) is 36.9 Å². The molecule has 27 heavy (non-hydrogen) atoms. The smallest absolute Gasteiger partial charge is 0.224 e. The molecule has 1 N–H and O–H groups in total. The molecule has 1 amide bonds. The molecule has 2 aromatic carbocycles.